The van der Waals surface area contributed by atoms with Crippen LogP contribution in [0.25, 0.3) is 0 Å². The lowest BCUT2D eigenvalue weighted by Crippen LogP contribution is -2.29. The number of nitrogens with zero attached hydrogens (tertiary/aromatic N) is 1. The first-order valence-corrected chi connectivity index (χ1v) is 4.83. The molecule has 0 aliphatic heterocycles. The van der Waals surface area contributed by atoms with Crippen molar-refractivity contribution in [3.63, 3.8) is 0 Å². The van der Waals surface area contributed by atoms with Crippen molar-refractivity contribution in [2.24, 2.45) is 5.73 Å². The minimum Gasteiger partial charge on any atom is -0.402 e. The summed E-state index contributed by atoms with van der Waals surface area (Å²) in [5, 5.41) is 11.7. The van der Waals surface area contributed by atoms with Crippen LogP contribution in [0.15, 0.2) is 11.3 Å². The van der Waals surface area contributed by atoms with E-state index in [0.29, 0.717) is 12.5 Å². The summed E-state index contributed by atoms with van der Waals surface area (Å²) in [4.78, 5) is 0. The molecule has 0 amide bonds. The summed E-state index contributed by atoms with van der Waals surface area (Å²) < 4.78 is 0. The van der Waals surface area contributed by atoms with Gasteiger partial charge >= 0.3 is 0 Å². The molecule has 3 N–H and O–H groups in total. The van der Waals surface area contributed by atoms with Crippen LogP contribution >= 0.6 is 0 Å². The highest BCUT2D eigenvalue weighted by molar-refractivity contribution is 5.21. The SMILES string of the molecule is CC(NCCC#N)C1=C(N)CCC1. The summed E-state index contributed by atoms with van der Waals surface area (Å²) in [7, 11) is 0. The molecule has 72 valence electrons. The summed E-state index contributed by atoms with van der Waals surface area (Å²) >= 11 is 0. The lowest BCUT2D eigenvalue weighted by molar-refractivity contribution is 0.601. The molecule has 3 heteroatoms. The van der Waals surface area contributed by atoms with E-state index in [2.05, 4.69) is 18.3 Å². The molecule has 1 unspecified atom stereocenters. The van der Waals surface area contributed by atoms with Crippen LogP contribution in [0.3, 0.4) is 0 Å². The molecule has 1 aliphatic carbocycles. The van der Waals surface area contributed by atoms with E-state index in [1.54, 1.807) is 0 Å². The summed E-state index contributed by atoms with van der Waals surface area (Å²) in [6.45, 7) is 2.87. The second kappa shape index (κ2) is 4.88. The molecule has 0 saturated carbocycles. The normalized spacial score (nSPS) is 18.8. The summed E-state index contributed by atoms with van der Waals surface area (Å²) in [6.07, 6.45) is 3.91. The molecule has 13 heavy (non-hydrogen) atoms. The van der Waals surface area contributed by atoms with Crippen molar-refractivity contribution in [3.8, 4) is 6.07 Å². The molecule has 0 radical (unpaired) electrons. The molecular formula is C10H17N3. The van der Waals surface area contributed by atoms with Crippen LogP contribution in [-0.4, -0.2) is 12.6 Å². The maximum Gasteiger partial charge on any atom is 0.0635 e. The number of rotatable bonds is 4. The van der Waals surface area contributed by atoms with Gasteiger partial charge in [0, 0.05) is 24.7 Å². The maximum atomic E-state index is 8.37. The number of nitriles is 1. The zero-order valence-corrected chi connectivity index (χ0v) is 8.14. The third-order valence-electron chi connectivity index (χ3n) is 2.51. The minimum atomic E-state index is 0.343. The largest absolute Gasteiger partial charge is 0.402 e. The number of hydrogen-bond donors (Lipinski definition) is 2. The van der Waals surface area contributed by atoms with E-state index in [1.165, 1.54) is 12.0 Å². The summed E-state index contributed by atoms with van der Waals surface area (Å²) in [5.41, 5.74) is 8.26. The number of nitrogens with two attached hydrogens (primary N) is 1. The third-order valence-corrected chi connectivity index (χ3v) is 2.51. The van der Waals surface area contributed by atoms with Gasteiger partial charge in [0.15, 0.2) is 0 Å². The van der Waals surface area contributed by atoms with E-state index in [-0.39, 0.29) is 0 Å². The molecule has 1 aliphatic rings. The fourth-order valence-electron chi connectivity index (χ4n) is 1.75. The highest BCUT2D eigenvalue weighted by Crippen LogP contribution is 2.24. The average Bonchev–Trinajstić information content (AvgIpc) is 2.52. The molecule has 0 aromatic carbocycles. The van der Waals surface area contributed by atoms with Crippen molar-refractivity contribution >= 4 is 0 Å². The van der Waals surface area contributed by atoms with Crippen LogP contribution in [0, 0.1) is 11.3 Å². The van der Waals surface area contributed by atoms with Gasteiger partial charge in [-0.1, -0.05) is 0 Å². The van der Waals surface area contributed by atoms with Gasteiger partial charge in [0.1, 0.15) is 0 Å². The standard InChI is InChI=1S/C10H17N3/c1-8(13-7-3-6-11)9-4-2-5-10(9)12/h8,13H,2-5,7,12H2,1H3. The molecule has 0 fully saturated rings. The second-order valence-electron chi connectivity index (χ2n) is 3.49. The highest BCUT2D eigenvalue weighted by atomic mass is 14.9. The monoisotopic (exact) mass is 179 g/mol. The molecular weight excluding hydrogens is 162 g/mol. The van der Waals surface area contributed by atoms with E-state index in [4.69, 9.17) is 11.0 Å². The first-order chi connectivity index (χ1) is 6.25. The van der Waals surface area contributed by atoms with Gasteiger partial charge in [0.25, 0.3) is 0 Å². The molecule has 0 saturated heterocycles. The highest BCUT2D eigenvalue weighted by Gasteiger charge is 2.16. The van der Waals surface area contributed by atoms with Crippen molar-refractivity contribution < 1.29 is 0 Å². The topological polar surface area (TPSA) is 61.8 Å². The fraction of sp³-hybridized carbons (Fsp3) is 0.700. The first-order valence-electron chi connectivity index (χ1n) is 4.83. The van der Waals surface area contributed by atoms with Gasteiger partial charge in [0.2, 0.25) is 0 Å². The van der Waals surface area contributed by atoms with Crippen LogP contribution < -0.4 is 11.1 Å². The van der Waals surface area contributed by atoms with Crippen LogP contribution in [0.4, 0.5) is 0 Å². The van der Waals surface area contributed by atoms with Gasteiger partial charge < -0.3 is 11.1 Å². The van der Waals surface area contributed by atoms with E-state index >= 15 is 0 Å². The molecule has 0 aromatic rings. The van der Waals surface area contributed by atoms with E-state index in [0.717, 1.165) is 25.1 Å². The van der Waals surface area contributed by atoms with Gasteiger partial charge in [-0.3, -0.25) is 0 Å². The quantitative estimate of drug-likeness (QED) is 0.639. The molecule has 1 atom stereocenters. The zero-order chi connectivity index (χ0) is 9.68. The van der Waals surface area contributed by atoms with Crippen LogP contribution in [0.2, 0.25) is 0 Å². The van der Waals surface area contributed by atoms with Crippen molar-refractivity contribution in [1.29, 1.82) is 5.26 Å². The summed E-state index contributed by atoms with van der Waals surface area (Å²) in [6, 6.07) is 2.46. The Balaban J connectivity index is 2.35. The Bertz CT molecular complexity index is 237. The van der Waals surface area contributed by atoms with Crippen LogP contribution in [-0.2, 0) is 0 Å². The minimum absolute atomic E-state index is 0.343. The first kappa shape index (κ1) is 10.1. The fourth-order valence-corrected chi connectivity index (χ4v) is 1.75. The second-order valence-corrected chi connectivity index (χ2v) is 3.49. The van der Waals surface area contributed by atoms with Crippen molar-refractivity contribution in [2.45, 2.75) is 38.6 Å². The van der Waals surface area contributed by atoms with Gasteiger partial charge in [-0.25, -0.2) is 0 Å². The van der Waals surface area contributed by atoms with Crippen LogP contribution in [0.5, 0.6) is 0 Å². The summed E-state index contributed by atoms with van der Waals surface area (Å²) in [5.74, 6) is 0. The smallest absolute Gasteiger partial charge is 0.0635 e. The Morgan fingerprint density at radius 2 is 2.38 bits per heavy atom. The number of hydrogen-bond acceptors (Lipinski definition) is 3. The van der Waals surface area contributed by atoms with Gasteiger partial charge in [-0.05, 0) is 31.8 Å². The third kappa shape index (κ3) is 2.74. The average molecular weight is 179 g/mol. The predicted octanol–water partition coefficient (Wildman–Crippen LogP) is 1.27. The molecule has 1 rings (SSSR count). The molecule has 0 aromatic heterocycles. The van der Waals surface area contributed by atoms with Crippen molar-refractivity contribution in [2.75, 3.05) is 6.54 Å². The van der Waals surface area contributed by atoms with Gasteiger partial charge in [0.05, 0.1) is 6.07 Å². The van der Waals surface area contributed by atoms with Gasteiger partial charge in [-0.2, -0.15) is 5.26 Å². The predicted molar refractivity (Wildman–Crippen MR) is 52.8 cm³/mol. The van der Waals surface area contributed by atoms with Crippen molar-refractivity contribution in [1.82, 2.24) is 5.32 Å². The zero-order valence-electron chi connectivity index (χ0n) is 8.14. The maximum absolute atomic E-state index is 8.37. The van der Waals surface area contributed by atoms with E-state index < -0.39 is 0 Å². The van der Waals surface area contributed by atoms with E-state index in [1.807, 2.05) is 0 Å². The molecule has 0 heterocycles. The Morgan fingerprint density at radius 1 is 1.62 bits per heavy atom. The van der Waals surface area contributed by atoms with Crippen molar-refractivity contribution in [3.05, 3.63) is 11.3 Å². The Kier molecular flexibility index (Phi) is 3.78. The number of nitrogens with one attached hydrogen (secondary N) is 1. The Hall–Kier alpha value is -1.01. The Labute approximate surface area is 79.6 Å². The lowest BCUT2D eigenvalue weighted by atomic mass is 10.1. The Morgan fingerprint density at radius 3 is 2.92 bits per heavy atom. The van der Waals surface area contributed by atoms with Gasteiger partial charge in [-0.15, -0.1) is 0 Å². The number of allylic oxidation sites excluding steroid dienone is 1. The lowest BCUT2D eigenvalue weighted by Gasteiger charge is -2.15. The van der Waals surface area contributed by atoms with Crippen LogP contribution in [0.1, 0.15) is 32.6 Å². The molecule has 0 spiro atoms. The van der Waals surface area contributed by atoms with E-state index in [9.17, 15) is 0 Å². The molecule has 3 nitrogen and oxygen atoms in total. The molecule has 0 bridgehead atoms.